The Balaban J connectivity index is 2.19. The molecule has 18 heavy (non-hydrogen) atoms. The van der Waals surface area contributed by atoms with Crippen LogP contribution in [0.3, 0.4) is 0 Å². The van der Waals surface area contributed by atoms with Crippen molar-refractivity contribution in [3.05, 3.63) is 41.2 Å². The minimum atomic E-state index is -0.0695. The lowest BCUT2D eigenvalue weighted by Crippen LogP contribution is -2.17. The third-order valence-electron chi connectivity index (χ3n) is 2.93. The Morgan fingerprint density at radius 3 is 2.56 bits per heavy atom. The lowest BCUT2D eigenvalue weighted by molar-refractivity contribution is 0.580. The molecule has 0 saturated carbocycles. The Morgan fingerprint density at radius 1 is 1.28 bits per heavy atom. The average molecular weight is 245 g/mol. The number of hydrogen-bond donors (Lipinski definition) is 1. The van der Waals surface area contributed by atoms with Gasteiger partial charge in [-0.05, 0) is 38.5 Å². The molecule has 0 aliphatic rings. The van der Waals surface area contributed by atoms with E-state index in [1.807, 2.05) is 37.6 Å². The van der Waals surface area contributed by atoms with Gasteiger partial charge in [0.2, 0.25) is 0 Å². The lowest BCUT2D eigenvalue weighted by atomic mass is 10.0. The standard InChI is InChI=1S/C13H19N5/c1-4-18-13(15-8-16-18)7-12(14)11-5-9(2)17-10(3)6-11/h5-6,8,12H,4,7,14H2,1-3H3. The number of nitrogens with zero attached hydrogens (tertiary/aromatic N) is 4. The summed E-state index contributed by atoms with van der Waals surface area (Å²) in [5, 5.41) is 4.15. The van der Waals surface area contributed by atoms with Crippen molar-refractivity contribution < 1.29 is 0 Å². The molecule has 0 amide bonds. The van der Waals surface area contributed by atoms with Gasteiger partial charge in [-0.25, -0.2) is 4.98 Å². The van der Waals surface area contributed by atoms with Crippen LogP contribution in [-0.2, 0) is 13.0 Å². The molecule has 96 valence electrons. The zero-order valence-electron chi connectivity index (χ0n) is 11.1. The molecule has 2 rings (SSSR count). The summed E-state index contributed by atoms with van der Waals surface area (Å²) in [6.07, 6.45) is 2.27. The van der Waals surface area contributed by atoms with Gasteiger partial charge < -0.3 is 5.73 Å². The maximum absolute atomic E-state index is 6.24. The van der Waals surface area contributed by atoms with Gasteiger partial charge in [0, 0.05) is 30.4 Å². The molecule has 2 aromatic rings. The maximum Gasteiger partial charge on any atom is 0.138 e. The average Bonchev–Trinajstić information content (AvgIpc) is 2.75. The summed E-state index contributed by atoms with van der Waals surface area (Å²) < 4.78 is 1.88. The molecule has 2 N–H and O–H groups in total. The highest BCUT2D eigenvalue weighted by molar-refractivity contribution is 5.24. The summed E-state index contributed by atoms with van der Waals surface area (Å²) in [6, 6.07) is 3.99. The molecular weight excluding hydrogens is 226 g/mol. The first-order valence-electron chi connectivity index (χ1n) is 6.17. The molecule has 0 bridgehead atoms. The van der Waals surface area contributed by atoms with Gasteiger partial charge in [-0.15, -0.1) is 0 Å². The van der Waals surface area contributed by atoms with Crippen molar-refractivity contribution in [3.8, 4) is 0 Å². The van der Waals surface area contributed by atoms with Gasteiger partial charge in [0.05, 0.1) is 0 Å². The minimum absolute atomic E-state index is 0.0695. The number of nitrogens with two attached hydrogens (primary N) is 1. The van der Waals surface area contributed by atoms with E-state index in [-0.39, 0.29) is 6.04 Å². The van der Waals surface area contributed by atoms with Crippen molar-refractivity contribution in [1.29, 1.82) is 0 Å². The molecule has 2 heterocycles. The van der Waals surface area contributed by atoms with Gasteiger partial charge in [-0.1, -0.05) is 0 Å². The van der Waals surface area contributed by atoms with E-state index in [4.69, 9.17) is 5.73 Å². The molecule has 0 radical (unpaired) electrons. The number of rotatable bonds is 4. The van der Waals surface area contributed by atoms with E-state index in [1.165, 1.54) is 0 Å². The van der Waals surface area contributed by atoms with Crippen molar-refractivity contribution in [2.75, 3.05) is 0 Å². The van der Waals surface area contributed by atoms with E-state index in [1.54, 1.807) is 6.33 Å². The summed E-state index contributed by atoms with van der Waals surface area (Å²) in [7, 11) is 0. The van der Waals surface area contributed by atoms with Crippen molar-refractivity contribution in [1.82, 2.24) is 19.7 Å². The summed E-state index contributed by atoms with van der Waals surface area (Å²) >= 11 is 0. The first-order chi connectivity index (χ1) is 8.60. The fourth-order valence-electron chi connectivity index (χ4n) is 2.11. The van der Waals surface area contributed by atoms with Crippen molar-refractivity contribution >= 4 is 0 Å². The van der Waals surface area contributed by atoms with Crippen LogP contribution in [0.4, 0.5) is 0 Å². The molecule has 0 aliphatic heterocycles. The van der Waals surface area contributed by atoms with Crippen LogP contribution in [0.15, 0.2) is 18.5 Å². The van der Waals surface area contributed by atoms with E-state index < -0.39 is 0 Å². The van der Waals surface area contributed by atoms with E-state index in [9.17, 15) is 0 Å². The van der Waals surface area contributed by atoms with Gasteiger partial charge >= 0.3 is 0 Å². The second-order valence-corrected chi connectivity index (χ2v) is 4.49. The Morgan fingerprint density at radius 2 is 1.94 bits per heavy atom. The number of aryl methyl sites for hydroxylation is 3. The van der Waals surface area contributed by atoms with Gasteiger partial charge in [-0.3, -0.25) is 9.67 Å². The minimum Gasteiger partial charge on any atom is -0.324 e. The SMILES string of the molecule is CCn1ncnc1CC(N)c1cc(C)nc(C)c1. The third-order valence-corrected chi connectivity index (χ3v) is 2.93. The largest absolute Gasteiger partial charge is 0.324 e. The van der Waals surface area contributed by atoms with Crippen molar-refractivity contribution in [2.24, 2.45) is 5.73 Å². The van der Waals surface area contributed by atoms with Gasteiger partial charge in [0.15, 0.2) is 0 Å². The summed E-state index contributed by atoms with van der Waals surface area (Å²) in [4.78, 5) is 8.61. The second kappa shape index (κ2) is 5.27. The number of pyridine rings is 1. The van der Waals surface area contributed by atoms with E-state index >= 15 is 0 Å². The molecule has 0 saturated heterocycles. The van der Waals surface area contributed by atoms with Crippen LogP contribution < -0.4 is 5.73 Å². The Bertz CT molecular complexity index is 512. The highest BCUT2D eigenvalue weighted by atomic mass is 15.3. The van der Waals surface area contributed by atoms with Gasteiger partial charge in [0.25, 0.3) is 0 Å². The highest BCUT2D eigenvalue weighted by Gasteiger charge is 2.12. The van der Waals surface area contributed by atoms with Gasteiger partial charge in [-0.2, -0.15) is 5.10 Å². The lowest BCUT2D eigenvalue weighted by Gasteiger charge is -2.13. The van der Waals surface area contributed by atoms with Crippen molar-refractivity contribution in [2.45, 2.75) is 39.8 Å². The normalized spacial score (nSPS) is 12.7. The third kappa shape index (κ3) is 2.73. The van der Waals surface area contributed by atoms with Crippen LogP contribution in [0.25, 0.3) is 0 Å². The molecule has 1 atom stereocenters. The second-order valence-electron chi connectivity index (χ2n) is 4.49. The van der Waals surface area contributed by atoms with Crippen LogP contribution in [0, 0.1) is 13.8 Å². The molecule has 0 fully saturated rings. The molecule has 5 nitrogen and oxygen atoms in total. The van der Waals surface area contributed by atoms with Crippen molar-refractivity contribution in [3.63, 3.8) is 0 Å². The monoisotopic (exact) mass is 245 g/mol. The first kappa shape index (κ1) is 12.7. The smallest absolute Gasteiger partial charge is 0.138 e. The quantitative estimate of drug-likeness (QED) is 0.887. The van der Waals surface area contributed by atoms with Crippen LogP contribution in [0.1, 0.15) is 35.7 Å². The summed E-state index contributed by atoms with van der Waals surface area (Å²) in [5.74, 6) is 0.928. The fourth-order valence-corrected chi connectivity index (χ4v) is 2.11. The van der Waals surface area contributed by atoms with E-state index in [2.05, 4.69) is 15.1 Å². The molecule has 1 unspecified atom stereocenters. The van der Waals surface area contributed by atoms with E-state index in [0.717, 1.165) is 29.3 Å². The van der Waals surface area contributed by atoms with Crippen LogP contribution in [0.2, 0.25) is 0 Å². The van der Waals surface area contributed by atoms with Gasteiger partial charge in [0.1, 0.15) is 12.2 Å². The number of aromatic nitrogens is 4. The van der Waals surface area contributed by atoms with Crippen LogP contribution in [-0.4, -0.2) is 19.7 Å². The fraction of sp³-hybridized carbons (Fsp3) is 0.462. The maximum atomic E-state index is 6.24. The Labute approximate surface area is 107 Å². The molecule has 5 heteroatoms. The topological polar surface area (TPSA) is 69.6 Å². The molecule has 0 aromatic carbocycles. The molecule has 2 aromatic heterocycles. The molecular formula is C13H19N5. The summed E-state index contributed by atoms with van der Waals surface area (Å²) in [5.41, 5.74) is 9.34. The predicted molar refractivity (Wildman–Crippen MR) is 70.0 cm³/mol. The molecule has 0 aliphatic carbocycles. The first-order valence-corrected chi connectivity index (χ1v) is 6.17. The van der Waals surface area contributed by atoms with Crippen LogP contribution in [0.5, 0.6) is 0 Å². The Hall–Kier alpha value is -1.75. The number of hydrogen-bond acceptors (Lipinski definition) is 4. The summed E-state index contributed by atoms with van der Waals surface area (Å²) in [6.45, 7) is 6.83. The van der Waals surface area contributed by atoms with Crippen LogP contribution >= 0.6 is 0 Å². The van der Waals surface area contributed by atoms with E-state index in [0.29, 0.717) is 6.42 Å². The zero-order valence-corrected chi connectivity index (χ0v) is 11.1. The predicted octanol–water partition coefficient (Wildman–Crippen LogP) is 1.55. The highest BCUT2D eigenvalue weighted by Crippen LogP contribution is 2.16. The molecule has 0 spiro atoms. The Kier molecular flexibility index (Phi) is 3.72. The zero-order chi connectivity index (χ0) is 13.1.